The number of methoxy groups -OCH3 is 1. The molecule has 0 bridgehead atoms. The lowest BCUT2D eigenvalue weighted by Crippen LogP contribution is -2.21. The van der Waals surface area contributed by atoms with Crippen molar-refractivity contribution in [1.29, 1.82) is 0 Å². The number of oxime groups is 1. The highest BCUT2D eigenvalue weighted by atomic mass is 16.5. The molecule has 0 amide bonds. The summed E-state index contributed by atoms with van der Waals surface area (Å²) < 4.78 is 16.3. The number of ether oxygens (including phenoxy) is 3. The molecule has 0 heterocycles. The SMILES string of the molecule is COc1ccc(COCCOC(C)(C)C)cc1/C(N)=N/O. The van der Waals surface area contributed by atoms with Gasteiger partial charge in [0, 0.05) is 0 Å². The van der Waals surface area contributed by atoms with Gasteiger partial charge in [-0.2, -0.15) is 0 Å². The monoisotopic (exact) mass is 296 g/mol. The molecule has 6 heteroatoms. The molecule has 1 aromatic carbocycles. The first-order valence-corrected chi connectivity index (χ1v) is 6.74. The van der Waals surface area contributed by atoms with Gasteiger partial charge in [0.15, 0.2) is 5.84 Å². The summed E-state index contributed by atoms with van der Waals surface area (Å²) in [5.74, 6) is 0.551. The van der Waals surface area contributed by atoms with Crippen molar-refractivity contribution in [1.82, 2.24) is 0 Å². The van der Waals surface area contributed by atoms with Crippen molar-refractivity contribution in [2.24, 2.45) is 10.9 Å². The fourth-order valence-corrected chi connectivity index (χ4v) is 1.70. The third kappa shape index (κ3) is 6.01. The Kier molecular flexibility index (Phi) is 6.45. The summed E-state index contributed by atoms with van der Waals surface area (Å²) in [6, 6.07) is 5.41. The van der Waals surface area contributed by atoms with Crippen molar-refractivity contribution in [2.45, 2.75) is 33.0 Å². The average Bonchev–Trinajstić information content (AvgIpc) is 2.44. The van der Waals surface area contributed by atoms with Crippen LogP contribution in [0.1, 0.15) is 31.9 Å². The van der Waals surface area contributed by atoms with Gasteiger partial charge in [-0.25, -0.2) is 0 Å². The van der Waals surface area contributed by atoms with Crippen LogP contribution in [0.15, 0.2) is 23.4 Å². The van der Waals surface area contributed by atoms with Crippen LogP contribution in [0.3, 0.4) is 0 Å². The fraction of sp³-hybridized carbons (Fsp3) is 0.533. The third-order valence-electron chi connectivity index (χ3n) is 2.68. The molecule has 0 unspecified atom stereocenters. The van der Waals surface area contributed by atoms with Gasteiger partial charge >= 0.3 is 0 Å². The van der Waals surface area contributed by atoms with Crippen molar-refractivity contribution in [3.8, 4) is 5.75 Å². The third-order valence-corrected chi connectivity index (χ3v) is 2.68. The van der Waals surface area contributed by atoms with Gasteiger partial charge < -0.3 is 25.2 Å². The molecule has 1 aromatic rings. The molecule has 0 aliphatic rings. The van der Waals surface area contributed by atoms with Crippen LogP contribution in [0, 0.1) is 0 Å². The molecular weight excluding hydrogens is 272 g/mol. The molecule has 0 aliphatic carbocycles. The van der Waals surface area contributed by atoms with E-state index in [1.165, 1.54) is 7.11 Å². The number of benzene rings is 1. The molecular formula is C15H24N2O4. The fourth-order valence-electron chi connectivity index (χ4n) is 1.70. The normalized spacial score (nSPS) is 12.5. The predicted octanol–water partition coefficient (Wildman–Crippen LogP) is 2.12. The van der Waals surface area contributed by atoms with Gasteiger partial charge in [0.05, 0.1) is 38.1 Å². The lowest BCUT2D eigenvalue weighted by Gasteiger charge is -2.19. The Morgan fingerprint density at radius 3 is 2.57 bits per heavy atom. The Bertz CT molecular complexity index is 481. The van der Waals surface area contributed by atoms with Gasteiger partial charge in [-0.15, -0.1) is 0 Å². The minimum Gasteiger partial charge on any atom is -0.496 e. The summed E-state index contributed by atoms with van der Waals surface area (Å²) in [4.78, 5) is 0. The van der Waals surface area contributed by atoms with E-state index in [0.717, 1.165) is 5.56 Å². The van der Waals surface area contributed by atoms with Crippen LogP contribution < -0.4 is 10.5 Å². The highest BCUT2D eigenvalue weighted by Gasteiger charge is 2.10. The van der Waals surface area contributed by atoms with E-state index < -0.39 is 0 Å². The molecule has 0 fully saturated rings. The molecule has 0 atom stereocenters. The molecule has 0 spiro atoms. The first-order valence-electron chi connectivity index (χ1n) is 6.74. The Hall–Kier alpha value is -1.79. The van der Waals surface area contributed by atoms with E-state index in [1.54, 1.807) is 12.1 Å². The highest BCUT2D eigenvalue weighted by molar-refractivity contribution is 5.99. The molecule has 0 saturated carbocycles. The Labute approximate surface area is 125 Å². The van der Waals surface area contributed by atoms with E-state index in [1.807, 2.05) is 26.8 Å². The zero-order valence-electron chi connectivity index (χ0n) is 13.0. The van der Waals surface area contributed by atoms with Crippen molar-refractivity contribution < 1.29 is 19.4 Å². The number of nitrogens with zero attached hydrogens (tertiary/aromatic N) is 1. The summed E-state index contributed by atoms with van der Waals surface area (Å²) >= 11 is 0. The Balaban J connectivity index is 2.57. The topological polar surface area (TPSA) is 86.3 Å². The van der Waals surface area contributed by atoms with Gasteiger partial charge in [0.2, 0.25) is 0 Å². The minimum atomic E-state index is -0.164. The second kappa shape index (κ2) is 7.85. The molecule has 118 valence electrons. The zero-order valence-corrected chi connectivity index (χ0v) is 13.0. The van der Waals surface area contributed by atoms with Crippen LogP contribution in [0.4, 0.5) is 0 Å². The molecule has 6 nitrogen and oxygen atoms in total. The number of amidine groups is 1. The van der Waals surface area contributed by atoms with Crippen LogP contribution >= 0.6 is 0 Å². The maximum absolute atomic E-state index is 8.78. The van der Waals surface area contributed by atoms with Crippen LogP contribution in [0.25, 0.3) is 0 Å². The smallest absolute Gasteiger partial charge is 0.173 e. The Morgan fingerprint density at radius 1 is 1.29 bits per heavy atom. The number of nitrogens with two attached hydrogens (primary N) is 1. The summed E-state index contributed by atoms with van der Waals surface area (Å²) in [6.07, 6.45) is 0. The van der Waals surface area contributed by atoms with Crippen molar-refractivity contribution >= 4 is 5.84 Å². The van der Waals surface area contributed by atoms with Gasteiger partial charge in [0.1, 0.15) is 5.75 Å². The van der Waals surface area contributed by atoms with E-state index in [4.69, 9.17) is 25.2 Å². The van der Waals surface area contributed by atoms with Crippen molar-refractivity contribution in [2.75, 3.05) is 20.3 Å². The van der Waals surface area contributed by atoms with Crippen molar-refractivity contribution in [3.05, 3.63) is 29.3 Å². The maximum atomic E-state index is 8.78. The van der Waals surface area contributed by atoms with E-state index in [2.05, 4.69) is 5.16 Å². The van der Waals surface area contributed by atoms with E-state index in [-0.39, 0.29) is 11.4 Å². The number of hydrogen-bond donors (Lipinski definition) is 2. The number of rotatable bonds is 7. The summed E-state index contributed by atoms with van der Waals surface area (Å²) in [7, 11) is 1.53. The largest absolute Gasteiger partial charge is 0.496 e. The lowest BCUT2D eigenvalue weighted by atomic mass is 10.1. The molecule has 21 heavy (non-hydrogen) atoms. The van der Waals surface area contributed by atoms with Crippen LogP contribution in [0.2, 0.25) is 0 Å². The standard InChI is InChI=1S/C15H24N2O4/c1-15(2,3)21-8-7-20-10-11-5-6-13(19-4)12(9-11)14(16)17-18/h5-6,9,18H,7-8,10H2,1-4H3,(H2,16,17). The lowest BCUT2D eigenvalue weighted by molar-refractivity contribution is -0.0376. The molecule has 0 radical (unpaired) electrons. The van der Waals surface area contributed by atoms with Gasteiger partial charge in [-0.3, -0.25) is 0 Å². The average molecular weight is 296 g/mol. The van der Waals surface area contributed by atoms with E-state index in [0.29, 0.717) is 31.1 Å². The summed E-state index contributed by atoms with van der Waals surface area (Å²) in [6.45, 7) is 7.46. The van der Waals surface area contributed by atoms with E-state index >= 15 is 0 Å². The molecule has 1 rings (SSSR count). The number of hydrogen-bond acceptors (Lipinski definition) is 5. The maximum Gasteiger partial charge on any atom is 0.173 e. The van der Waals surface area contributed by atoms with E-state index in [9.17, 15) is 0 Å². The Morgan fingerprint density at radius 2 is 2.00 bits per heavy atom. The molecule has 0 aromatic heterocycles. The second-order valence-electron chi connectivity index (χ2n) is 5.53. The summed E-state index contributed by atoms with van der Waals surface area (Å²) in [5.41, 5.74) is 6.90. The van der Waals surface area contributed by atoms with Crippen LogP contribution in [-0.2, 0) is 16.1 Å². The minimum absolute atomic E-state index is 0.00441. The molecule has 0 aliphatic heterocycles. The van der Waals surface area contributed by atoms with Crippen LogP contribution in [-0.4, -0.2) is 37.0 Å². The first-order chi connectivity index (χ1) is 9.87. The highest BCUT2D eigenvalue weighted by Crippen LogP contribution is 2.20. The van der Waals surface area contributed by atoms with Gasteiger partial charge in [-0.1, -0.05) is 11.2 Å². The molecule has 0 saturated heterocycles. The predicted molar refractivity (Wildman–Crippen MR) is 80.9 cm³/mol. The van der Waals surface area contributed by atoms with Gasteiger partial charge in [-0.05, 0) is 38.5 Å². The van der Waals surface area contributed by atoms with Gasteiger partial charge in [0.25, 0.3) is 0 Å². The van der Waals surface area contributed by atoms with Crippen molar-refractivity contribution in [3.63, 3.8) is 0 Å². The second-order valence-corrected chi connectivity index (χ2v) is 5.53. The molecule has 3 N–H and O–H groups in total. The summed E-state index contributed by atoms with van der Waals surface area (Å²) in [5, 5.41) is 11.8. The van der Waals surface area contributed by atoms with Crippen LogP contribution in [0.5, 0.6) is 5.75 Å². The quantitative estimate of drug-likeness (QED) is 0.265. The zero-order chi connectivity index (χ0) is 15.9. The first kappa shape index (κ1) is 17.3.